The Kier molecular flexibility index (Phi) is 4.27. The minimum Gasteiger partial charge on any atom is -0.393 e. The first-order chi connectivity index (χ1) is 8.90. The fourth-order valence-electron chi connectivity index (χ4n) is 2.68. The highest BCUT2D eigenvalue weighted by Crippen LogP contribution is 2.24. The van der Waals surface area contributed by atoms with Gasteiger partial charge in [0.1, 0.15) is 4.90 Å². The lowest BCUT2D eigenvalue weighted by Crippen LogP contribution is -2.33. The van der Waals surface area contributed by atoms with Crippen molar-refractivity contribution in [3.05, 3.63) is 11.4 Å². The number of aromatic nitrogens is 2. The summed E-state index contributed by atoms with van der Waals surface area (Å²) in [6.07, 6.45) is 3.12. The molecule has 0 radical (unpaired) electrons. The summed E-state index contributed by atoms with van der Waals surface area (Å²) in [7, 11) is -3.52. The average molecular weight is 287 g/mol. The normalized spacial score (nSPS) is 24.6. The van der Waals surface area contributed by atoms with Gasteiger partial charge in [-0.1, -0.05) is 6.42 Å². The Labute approximate surface area is 113 Å². The summed E-state index contributed by atoms with van der Waals surface area (Å²) in [5.41, 5.74) is 1.03. The quantitative estimate of drug-likeness (QED) is 0.765. The molecule has 1 aliphatic carbocycles. The molecule has 0 saturated heterocycles. The molecule has 6 nitrogen and oxygen atoms in total. The highest BCUT2D eigenvalue weighted by atomic mass is 32.2. The van der Waals surface area contributed by atoms with Crippen molar-refractivity contribution in [3.63, 3.8) is 0 Å². The number of H-pyrrole nitrogens is 1. The van der Waals surface area contributed by atoms with E-state index in [0.717, 1.165) is 19.3 Å². The SMILES string of the molecule is Cc1n[nH]c(C)c1S(=O)(=O)NCC1CCCC(O)C1. The maximum absolute atomic E-state index is 12.2. The minimum absolute atomic E-state index is 0.214. The maximum Gasteiger partial charge on any atom is 0.244 e. The van der Waals surface area contributed by atoms with Gasteiger partial charge in [0.15, 0.2) is 0 Å². The zero-order valence-corrected chi connectivity index (χ0v) is 12.1. The van der Waals surface area contributed by atoms with Crippen molar-refractivity contribution in [2.24, 2.45) is 5.92 Å². The molecule has 1 aliphatic rings. The second-order valence-corrected chi connectivity index (χ2v) is 7.01. The minimum atomic E-state index is -3.52. The molecule has 0 aromatic carbocycles. The second-order valence-electron chi connectivity index (χ2n) is 5.30. The standard InChI is InChI=1S/C12H21N3O3S/c1-8-12(9(2)15-14-8)19(17,18)13-7-10-4-3-5-11(16)6-10/h10-11,13,16H,3-7H2,1-2H3,(H,14,15). The zero-order chi connectivity index (χ0) is 14.0. The van der Waals surface area contributed by atoms with Crippen molar-refractivity contribution in [1.82, 2.24) is 14.9 Å². The first-order valence-electron chi connectivity index (χ1n) is 6.59. The summed E-state index contributed by atoms with van der Waals surface area (Å²) in [6, 6.07) is 0. The molecule has 2 atom stereocenters. The van der Waals surface area contributed by atoms with Crippen molar-refractivity contribution < 1.29 is 13.5 Å². The van der Waals surface area contributed by atoms with Crippen molar-refractivity contribution >= 4 is 10.0 Å². The third-order valence-corrected chi connectivity index (χ3v) is 5.33. The van der Waals surface area contributed by atoms with E-state index in [-0.39, 0.29) is 16.9 Å². The molecule has 1 saturated carbocycles. The van der Waals surface area contributed by atoms with Gasteiger partial charge >= 0.3 is 0 Å². The van der Waals surface area contributed by atoms with E-state index in [0.29, 0.717) is 24.4 Å². The average Bonchev–Trinajstić information content (AvgIpc) is 2.67. The third kappa shape index (κ3) is 3.34. The largest absolute Gasteiger partial charge is 0.393 e. The van der Waals surface area contributed by atoms with E-state index in [1.807, 2.05) is 0 Å². The van der Waals surface area contributed by atoms with Gasteiger partial charge in [-0.3, -0.25) is 5.10 Å². The molecule has 0 amide bonds. The smallest absolute Gasteiger partial charge is 0.244 e. The van der Waals surface area contributed by atoms with Crippen LogP contribution in [-0.2, 0) is 10.0 Å². The van der Waals surface area contributed by atoms with Gasteiger partial charge in [-0.25, -0.2) is 13.1 Å². The number of hydrogen-bond donors (Lipinski definition) is 3. The van der Waals surface area contributed by atoms with E-state index in [1.54, 1.807) is 13.8 Å². The van der Waals surface area contributed by atoms with Gasteiger partial charge < -0.3 is 5.11 Å². The lowest BCUT2D eigenvalue weighted by molar-refractivity contribution is 0.102. The van der Waals surface area contributed by atoms with E-state index >= 15 is 0 Å². The van der Waals surface area contributed by atoms with E-state index in [4.69, 9.17) is 0 Å². The van der Waals surface area contributed by atoms with Crippen LogP contribution in [0.4, 0.5) is 0 Å². The van der Waals surface area contributed by atoms with Crippen molar-refractivity contribution in [3.8, 4) is 0 Å². The number of sulfonamides is 1. The van der Waals surface area contributed by atoms with Crippen LogP contribution in [0.25, 0.3) is 0 Å². The molecule has 0 spiro atoms. The molecule has 108 valence electrons. The molecule has 0 bridgehead atoms. The van der Waals surface area contributed by atoms with E-state index < -0.39 is 10.0 Å². The van der Waals surface area contributed by atoms with Crippen LogP contribution in [0.15, 0.2) is 4.90 Å². The Morgan fingerprint density at radius 2 is 2.16 bits per heavy atom. The van der Waals surface area contributed by atoms with Gasteiger partial charge in [-0.05, 0) is 39.0 Å². The number of aliphatic hydroxyl groups excluding tert-OH is 1. The Morgan fingerprint density at radius 1 is 1.42 bits per heavy atom. The maximum atomic E-state index is 12.2. The topological polar surface area (TPSA) is 95.1 Å². The van der Waals surface area contributed by atoms with E-state index in [2.05, 4.69) is 14.9 Å². The molecule has 2 unspecified atom stereocenters. The fraction of sp³-hybridized carbons (Fsp3) is 0.750. The summed E-state index contributed by atoms with van der Waals surface area (Å²) in [5, 5.41) is 16.2. The lowest BCUT2D eigenvalue weighted by Gasteiger charge is -2.25. The molecule has 1 fully saturated rings. The van der Waals surface area contributed by atoms with Gasteiger partial charge in [0, 0.05) is 6.54 Å². The highest BCUT2D eigenvalue weighted by Gasteiger charge is 2.25. The first-order valence-corrected chi connectivity index (χ1v) is 8.07. The first kappa shape index (κ1) is 14.5. The number of aromatic amines is 1. The third-order valence-electron chi connectivity index (χ3n) is 3.65. The van der Waals surface area contributed by atoms with Crippen LogP contribution in [-0.4, -0.2) is 36.4 Å². The Morgan fingerprint density at radius 3 is 2.74 bits per heavy atom. The summed E-state index contributed by atoms with van der Waals surface area (Å²) >= 11 is 0. The van der Waals surface area contributed by atoms with E-state index in [9.17, 15) is 13.5 Å². The predicted octanol–water partition coefficient (Wildman–Crippen LogP) is 0.856. The van der Waals surface area contributed by atoms with E-state index in [1.165, 1.54) is 0 Å². The van der Waals surface area contributed by atoms with Crippen LogP contribution >= 0.6 is 0 Å². The summed E-state index contributed by atoms with van der Waals surface area (Å²) in [6.45, 7) is 3.74. The molecule has 1 aromatic heterocycles. The molecule has 0 aliphatic heterocycles. The lowest BCUT2D eigenvalue weighted by atomic mass is 9.87. The number of rotatable bonds is 4. The monoisotopic (exact) mass is 287 g/mol. The number of nitrogens with zero attached hydrogens (tertiary/aromatic N) is 1. The molecule has 7 heteroatoms. The van der Waals surface area contributed by atoms with Gasteiger partial charge in [0.05, 0.1) is 17.5 Å². The summed E-state index contributed by atoms with van der Waals surface area (Å²) < 4.78 is 27.1. The zero-order valence-electron chi connectivity index (χ0n) is 11.3. The van der Waals surface area contributed by atoms with Crippen LogP contribution in [0, 0.1) is 19.8 Å². The van der Waals surface area contributed by atoms with Gasteiger partial charge in [0.2, 0.25) is 10.0 Å². The number of nitrogens with one attached hydrogen (secondary N) is 2. The summed E-state index contributed by atoms with van der Waals surface area (Å²) in [5.74, 6) is 0.214. The van der Waals surface area contributed by atoms with Gasteiger partial charge in [-0.2, -0.15) is 5.10 Å². The van der Waals surface area contributed by atoms with Crippen LogP contribution in [0.3, 0.4) is 0 Å². The molecule has 3 N–H and O–H groups in total. The molecule has 2 rings (SSSR count). The van der Waals surface area contributed by atoms with Crippen LogP contribution < -0.4 is 4.72 Å². The molecular weight excluding hydrogens is 266 g/mol. The molecule has 19 heavy (non-hydrogen) atoms. The fourth-order valence-corrected chi connectivity index (χ4v) is 4.17. The summed E-state index contributed by atoms with van der Waals surface area (Å²) in [4.78, 5) is 0.240. The molecule has 1 heterocycles. The van der Waals surface area contributed by atoms with Crippen LogP contribution in [0.2, 0.25) is 0 Å². The Hall–Kier alpha value is -0.920. The predicted molar refractivity (Wildman–Crippen MR) is 71.2 cm³/mol. The second kappa shape index (κ2) is 5.60. The molecule has 1 aromatic rings. The van der Waals surface area contributed by atoms with Crippen molar-refractivity contribution in [2.45, 2.75) is 50.5 Å². The van der Waals surface area contributed by atoms with Crippen molar-refractivity contribution in [1.29, 1.82) is 0 Å². The van der Waals surface area contributed by atoms with Crippen molar-refractivity contribution in [2.75, 3.05) is 6.54 Å². The Balaban J connectivity index is 2.02. The number of aliphatic hydroxyl groups is 1. The van der Waals surface area contributed by atoms with Crippen LogP contribution in [0.5, 0.6) is 0 Å². The number of hydrogen-bond acceptors (Lipinski definition) is 4. The number of aryl methyl sites for hydroxylation is 2. The van der Waals surface area contributed by atoms with Crippen LogP contribution in [0.1, 0.15) is 37.1 Å². The highest BCUT2D eigenvalue weighted by molar-refractivity contribution is 7.89. The van der Waals surface area contributed by atoms with Gasteiger partial charge in [0.25, 0.3) is 0 Å². The van der Waals surface area contributed by atoms with Gasteiger partial charge in [-0.15, -0.1) is 0 Å². The molecular formula is C12H21N3O3S. The Bertz CT molecular complexity index is 519.